The molecule has 2 heterocycles. The van der Waals surface area contributed by atoms with Gasteiger partial charge in [0.05, 0.1) is 5.69 Å². The van der Waals surface area contributed by atoms with Crippen LogP contribution in [-0.4, -0.2) is 34.3 Å². The lowest BCUT2D eigenvalue weighted by Crippen LogP contribution is -2.30. The van der Waals surface area contributed by atoms with Gasteiger partial charge in [-0.2, -0.15) is 0 Å². The van der Waals surface area contributed by atoms with Gasteiger partial charge in [-0.1, -0.05) is 6.07 Å². The van der Waals surface area contributed by atoms with Crippen molar-refractivity contribution in [1.29, 1.82) is 0 Å². The highest BCUT2D eigenvalue weighted by atomic mass is 16.2. The maximum Gasteiger partial charge on any atom is 0.221 e. The lowest BCUT2D eigenvalue weighted by Gasteiger charge is -2.04. The Morgan fingerprint density at radius 2 is 2.10 bits per heavy atom. The second kappa shape index (κ2) is 6.70. The Morgan fingerprint density at radius 3 is 2.85 bits per heavy atom. The van der Waals surface area contributed by atoms with Crippen molar-refractivity contribution >= 4 is 17.5 Å². The predicted molar refractivity (Wildman–Crippen MR) is 75.2 cm³/mol. The van der Waals surface area contributed by atoms with Crippen LogP contribution in [0, 0.1) is 0 Å². The third kappa shape index (κ3) is 4.08. The first-order chi connectivity index (χ1) is 9.65. The molecule has 0 aliphatic rings. The summed E-state index contributed by atoms with van der Waals surface area (Å²) in [5.74, 6) is -0.190. The van der Waals surface area contributed by atoms with Crippen molar-refractivity contribution in [2.24, 2.45) is 0 Å². The van der Waals surface area contributed by atoms with E-state index in [9.17, 15) is 9.59 Å². The van der Waals surface area contributed by atoms with E-state index in [0.717, 1.165) is 11.3 Å². The molecule has 2 aromatic heterocycles. The fraction of sp³-hybridized carbons (Fsp3) is 0.357. The summed E-state index contributed by atoms with van der Waals surface area (Å²) >= 11 is 0. The average Bonchev–Trinajstić information content (AvgIpc) is 2.80. The zero-order chi connectivity index (χ0) is 14.4. The zero-order valence-electron chi connectivity index (χ0n) is 11.4. The fourth-order valence-corrected chi connectivity index (χ4v) is 1.88. The summed E-state index contributed by atoms with van der Waals surface area (Å²) in [6.07, 6.45) is 4.88. The molecule has 0 saturated carbocycles. The second-order valence-electron chi connectivity index (χ2n) is 4.53. The van der Waals surface area contributed by atoms with Crippen molar-refractivity contribution < 1.29 is 9.59 Å². The molecule has 2 N–H and O–H groups in total. The minimum Gasteiger partial charge on any atom is -0.356 e. The van der Waals surface area contributed by atoms with Crippen LogP contribution in [0.4, 0.5) is 0 Å². The molecule has 0 aliphatic heterocycles. The summed E-state index contributed by atoms with van der Waals surface area (Å²) in [4.78, 5) is 26.6. The van der Waals surface area contributed by atoms with Gasteiger partial charge in [0.15, 0.2) is 0 Å². The van der Waals surface area contributed by atoms with Crippen LogP contribution in [0.2, 0.25) is 0 Å². The molecule has 0 saturated heterocycles. The number of rotatable bonds is 6. The van der Waals surface area contributed by atoms with Crippen molar-refractivity contribution in [3.8, 4) is 0 Å². The molecule has 6 nitrogen and oxygen atoms in total. The Bertz CT molecular complexity index is 573. The standard InChI is InChI=1S/C14H18N4O2/c1-11(19)15-8-6-14(20)16-7-5-12-10-18-9-3-2-4-13(18)17-12/h2-4,9-10H,5-8H2,1H3,(H,15,19)(H,16,20). The monoisotopic (exact) mass is 274 g/mol. The van der Waals surface area contributed by atoms with E-state index in [2.05, 4.69) is 15.6 Å². The highest BCUT2D eigenvalue weighted by Gasteiger charge is 2.03. The Balaban J connectivity index is 1.72. The summed E-state index contributed by atoms with van der Waals surface area (Å²) in [5.41, 5.74) is 1.85. The Labute approximate surface area is 117 Å². The van der Waals surface area contributed by atoms with Crippen LogP contribution in [0.3, 0.4) is 0 Å². The summed E-state index contributed by atoms with van der Waals surface area (Å²) in [7, 11) is 0. The van der Waals surface area contributed by atoms with Gasteiger partial charge in [-0.05, 0) is 12.1 Å². The molecule has 0 spiro atoms. The van der Waals surface area contributed by atoms with Gasteiger partial charge in [-0.15, -0.1) is 0 Å². The third-order valence-corrected chi connectivity index (χ3v) is 2.84. The third-order valence-electron chi connectivity index (χ3n) is 2.84. The minimum absolute atomic E-state index is 0.0671. The topological polar surface area (TPSA) is 75.5 Å². The average molecular weight is 274 g/mol. The summed E-state index contributed by atoms with van der Waals surface area (Å²) in [5, 5.41) is 5.40. The number of nitrogens with zero attached hydrogens (tertiary/aromatic N) is 2. The largest absolute Gasteiger partial charge is 0.356 e. The van der Waals surface area contributed by atoms with E-state index in [4.69, 9.17) is 0 Å². The number of fused-ring (bicyclic) bond motifs is 1. The molecule has 0 unspecified atom stereocenters. The molecule has 6 heteroatoms. The lowest BCUT2D eigenvalue weighted by molar-refractivity contribution is -0.121. The van der Waals surface area contributed by atoms with Gasteiger partial charge in [0.2, 0.25) is 11.8 Å². The number of aromatic nitrogens is 2. The summed E-state index contributed by atoms with van der Waals surface area (Å²) in [6.45, 7) is 2.35. The van der Waals surface area contributed by atoms with Crippen LogP contribution in [-0.2, 0) is 16.0 Å². The van der Waals surface area contributed by atoms with E-state index in [-0.39, 0.29) is 11.8 Å². The predicted octanol–water partition coefficient (Wildman–Crippen LogP) is 0.519. The number of carbonyl (C=O) groups excluding carboxylic acids is 2. The number of hydrogen-bond acceptors (Lipinski definition) is 3. The highest BCUT2D eigenvalue weighted by Crippen LogP contribution is 2.04. The molecular weight excluding hydrogens is 256 g/mol. The van der Waals surface area contributed by atoms with E-state index >= 15 is 0 Å². The summed E-state index contributed by atoms with van der Waals surface area (Å²) < 4.78 is 1.95. The molecule has 0 aromatic carbocycles. The number of pyridine rings is 1. The number of carbonyl (C=O) groups is 2. The van der Waals surface area contributed by atoms with Crippen molar-refractivity contribution in [2.45, 2.75) is 19.8 Å². The number of amides is 2. The maximum absolute atomic E-state index is 11.5. The van der Waals surface area contributed by atoms with Gasteiger partial charge >= 0.3 is 0 Å². The Morgan fingerprint density at radius 1 is 1.25 bits per heavy atom. The zero-order valence-corrected chi connectivity index (χ0v) is 11.4. The molecule has 106 valence electrons. The maximum atomic E-state index is 11.5. The minimum atomic E-state index is -0.123. The molecule has 0 aliphatic carbocycles. The van der Waals surface area contributed by atoms with Gasteiger partial charge in [0.1, 0.15) is 5.65 Å². The van der Waals surface area contributed by atoms with Crippen LogP contribution < -0.4 is 10.6 Å². The number of nitrogens with one attached hydrogen (secondary N) is 2. The van der Waals surface area contributed by atoms with E-state index < -0.39 is 0 Å². The van der Waals surface area contributed by atoms with Gasteiger partial charge < -0.3 is 15.0 Å². The molecule has 0 atom stereocenters. The van der Waals surface area contributed by atoms with Gasteiger partial charge in [0.25, 0.3) is 0 Å². The van der Waals surface area contributed by atoms with Crippen molar-refractivity contribution in [2.75, 3.05) is 13.1 Å². The molecule has 2 amide bonds. The second-order valence-corrected chi connectivity index (χ2v) is 4.53. The smallest absolute Gasteiger partial charge is 0.221 e. The van der Waals surface area contributed by atoms with Gasteiger partial charge in [-0.3, -0.25) is 9.59 Å². The number of imidazole rings is 1. The van der Waals surface area contributed by atoms with E-state index in [0.29, 0.717) is 25.9 Å². The summed E-state index contributed by atoms with van der Waals surface area (Å²) in [6, 6.07) is 5.83. The van der Waals surface area contributed by atoms with Crippen molar-refractivity contribution in [3.05, 3.63) is 36.3 Å². The molecule has 0 fully saturated rings. The SMILES string of the molecule is CC(=O)NCCC(=O)NCCc1cn2ccccc2n1. The normalized spacial score (nSPS) is 10.4. The Kier molecular flexibility index (Phi) is 4.70. The molecule has 2 rings (SSSR count). The molecule has 0 radical (unpaired) electrons. The molecule has 0 bridgehead atoms. The number of hydrogen-bond donors (Lipinski definition) is 2. The van der Waals surface area contributed by atoms with E-state index in [1.807, 2.05) is 35.0 Å². The molecular formula is C14H18N4O2. The lowest BCUT2D eigenvalue weighted by atomic mass is 10.3. The van der Waals surface area contributed by atoms with E-state index in [1.54, 1.807) is 0 Å². The molecule has 2 aromatic rings. The Hall–Kier alpha value is -2.37. The van der Waals surface area contributed by atoms with Crippen molar-refractivity contribution in [1.82, 2.24) is 20.0 Å². The van der Waals surface area contributed by atoms with Crippen molar-refractivity contribution in [3.63, 3.8) is 0 Å². The first-order valence-electron chi connectivity index (χ1n) is 6.59. The van der Waals surface area contributed by atoms with Gasteiger partial charge in [-0.25, -0.2) is 4.98 Å². The van der Waals surface area contributed by atoms with Gasteiger partial charge in [0, 0.05) is 45.2 Å². The van der Waals surface area contributed by atoms with Crippen LogP contribution >= 0.6 is 0 Å². The molecule has 20 heavy (non-hydrogen) atoms. The fourth-order valence-electron chi connectivity index (χ4n) is 1.88. The van der Waals surface area contributed by atoms with Crippen LogP contribution in [0.15, 0.2) is 30.6 Å². The first-order valence-corrected chi connectivity index (χ1v) is 6.59. The van der Waals surface area contributed by atoms with Crippen LogP contribution in [0.25, 0.3) is 5.65 Å². The quantitative estimate of drug-likeness (QED) is 0.806. The highest BCUT2D eigenvalue weighted by molar-refractivity contribution is 5.77. The van der Waals surface area contributed by atoms with E-state index in [1.165, 1.54) is 6.92 Å². The van der Waals surface area contributed by atoms with Crippen LogP contribution in [0.5, 0.6) is 0 Å². The van der Waals surface area contributed by atoms with Crippen LogP contribution in [0.1, 0.15) is 19.0 Å². The first kappa shape index (κ1) is 14.0.